The molecule has 2 bridgehead atoms. The van der Waals surface area contributed by atoms with Crippen molar-refractivity contribution in [1.82, 2.24) is 4.90 Å². The fourth-order valence-electron chi connectivity index (χ4n) is 6.30. The lowest BCUT2D eigenvalue weighted by molar-refractivity contribution is -0.160. The highest BCUT2D eigenvalue weighted by molar-refractivity contribution is 9.10. The number of benzene rings is 2. The number of aryl methyl sites for hydroxylation is 2. The maximum atomic E-state index is 13.4. The summed E-state index contributed by atoms with van der Waals surface area (Å²) in [7, 11) is 0. The van der Waals surface area contributed by atoms with E-state index in [0.717, 1.165) is 45.3 Å². The molecule has 2 aromatic rings. The molecule has 0 radical (unpaired) electrons. The van der Waals surface area contributed by atoms with Crippen molar-refractivity contribution in [3.63, 3.8) is 0 Å². The number of esters is 1. The Morgan fingerprint density at radius 1 is 1.03 bits per heavy atom. The molecule has 1 aliphatic heterocycles. The third-order valence-electron chi connectivity index (χ3n) is 7.88. The predicted molar refractivity (Wildman–Crippen MR) is 137 cm³/mol. The molecule has 188 valence electrons. The predicted octanol–water partition coefficient (Wildman–Crippen LogP) is 4.19. The highest BCUT2D eigenvalue weighted by Gasteiger charge is 2.62. The maximum Gasteiger partial charge on any atom is 0.330 e. The van der Waals surface area contributed by atoms with E-state index in [9.17, 15) is 19.2 Å². The normalized spacial score (nSPS) is 25.1. The molecule has 1 N–H and O–H groups in total. The van der Waals surface area contributed by atoms with Gasteiger partial charge in [0.05, 0.1) is 11.8 Å². The van der Waals surface area contributed by atoms with Gasteiger partial charge in [-0.3, -0.25) is 19.3 Å². The van der Waals surface area contributed by atoms with Gasteiger partial charge in [-0.1, -0.05) is 46.3 Å². The first-order valence-electron chi connectivity index (χ1n) is 12.4. The first-order chi connectivity index (χ1) is 17.2. The van der Waals surface area contributed by atoms with Gasteiger partial charge in [-0.2, -0.15) is 0 Å². The second-order valence-corrected chi connectivity index (χ2v) is 11.0. The number of fused-ring (bicyclic) bond motifs is 5. The van der Waals surface area contributed by atoms with Crippen LogP contribution in [0.1, 0.15) is 36.0 Å². The van der Waals surface area contributed by atoms with E-state index in [0.29, 0.717) is 5.69 Å². The molecule has 0 spiro atoms. The fraction of sp³-hybridized carbons (Fsp3) is 0.429. The van der Waals surface area contributed by atoms with Gasteiger partial charge in [0, 0.05) is 16.6 Å². The lowest BCUT2D eigenvalue weighted by Crippen LogP contribution is -2.48. The third-order valence-corrected chi connectivity index (χ3v) is 9.13. The van der Waals surface area contributed by atoms with Crippen LogP contribution in [0.25, 0.3) is 0 Å². The smallest absolute Gasteiger partial charge is 0.330 e. The van der Waals surface area contributed by atoms with E-state index in [1.807, 2.05) is 56.3 Å². The van der Waals surface area contributed by atoms with Crippen molar-refractivity contribution in [2.75, 3.05) is 11.9 Å². The van der Waals surface area contributed by atoms with E-state index < -0.39 is 24.5 Å². The minimum Gasteiger partial charge on any atom is -0.454 e. The Labute approximate surface area is 218 Å². The van der Waals surface area contributed by atoms with Crippen LogP contribution < -0.4 is 5.32 Å². The molecule has 7 nitrogen and oxygen atoms in total. The van der Waals surface area contributed by atoms with Gasteiger partial charge >= 0.3 is 5.97 Å². The molecule has 36 heavy (non-hydrogen) atoms. The molecular weight excluding hydrogens is 524 g/mol. The number of halogens is 1. The Morgan fingerprint density at radius 3 is 2.19 bits per heavy atom. The van der Waals surface area contributed by atoms with E-state index in [1.165, 1.54) is 0 Å². The molecule has 3 fully saturated rings. The monoisotopic (exact) mass is 552 g/mol. The topological polar surface area (TPSA) is 92.8 Å². The molecule has 0 unspecified atom stereocenters. The Morgan fingerprint density at radius 2 is 1.61 bits per heavy atom. The number of hydrogen-bond acceptors (Lipinski definition) is 5. The summed E-state index contributed by atoms with van der Waals surface area (Å²) in [6.45, 7) is 3.34. The highest BCUT2D eigenvalue weighted by Crippen LogP contribution is 2.56. The van der Waals surface area contributed by atoms with Gasteiger partial charge in [0.15, 0.2) is 6.61 Å². The van der Waals surface area contributed by atoms with E-state index in [2.05, 4.69) is 21.2 Å². The van der Waals surface area contributed by atoms with Crippen molar-refractivity contribution in [2.24, 2.45) is 23.7 Å². The van der Waals surface area contributed by atoms with Gasteiger partial charge in [-0.25, -0.2) is 4.79 Å². The Kier molecular flexibility index (Phi) is 6.72. The van der Waals surface area contributed by atoms with E-state index >= 15 is 0 Å². The molecule has 0 aromatic heterocycles. The number of hydrogen-bond donors (Lipinski definition) is 1. The number of nitrogens with one attached hydrogen (secondary N) is 1. The number of anilines is 1. The summed E-state index contributed by atoms with van der Waals surface area (Å²) < 4.78 is 6.36. The molecule has 1 heterocycles. The minimum absolute atomic E-state index is 0.151. The van der Waals surface area contributed by atoms with Gasteiger partial charge < -0.3 is 10.1 Å². The van der Waals surface area contributed by atoms with Crippen molar-refractivity contribution in [3.05, 3.63) is 63.6 Å². The number of likely N-dealkylation sites (tertiary alicyclic amines) is 1. The lowest BCUT2D eigenvalue weighted by atomic mass is 9.81. The zero-order chi connectivity index (χ0) is 25.6. The molecule has 3 aliphatic rings. The zero-order valence-electron chi connectivity index (χ0n) is 20.3. The highest BCUT2D eigenvalue weighted by atomic mass is 79.9. The number of ether oxygens (including phenoxy) is 1. The van der Waals surface area contributed by atoms with Gasteiger partial charge in [0.2, 0.25) is 11.8 Å². The van der Waals surface area contributed by atoms with Crippen LogP contribution in [-0.2, 0) is 30.3 Å². The number of carbonyl (C=O) groups excluding carboxylic acids is 4. The SMILES string of the molecule is Cc1cc(NC(=O)COC(=O)[C@H](Cc2ccccc2)N2C(=O)[C@@H]3[C@H]4CC[C@@H](C4)[C@@H]3C2=O)cc(C)c1Br. The number of rotatable bonds is 7. The van der Waals surface area contributed by atoms with Crippen LogP contribution in [0.3, 0.4) is 0 Å². The molecule has 3 amide bonds. The van der Waals surface area contributed by atoms with Crippen LogP contribution in [0.4, 0.5) is 5.69 Å². The zero-order valence-corrected chi connectivity index (χ0v) is 21.9. The third kappa shape index (κ3) is 4.47. The van der Waals surface area contributed by atoms with Gasteiger partial charge in [-0.05, 0) is 73.8 Å². The van der Waals surface area contributed by atoms with Crippen LogP contribution in [0, 0.1) is 37.5 Å². The maximum absolute atomic E-state index is 13.4. The van der Waals surface area contributed by atoms with Crippen molar-refractivity contribution >= 4 is 45.3 Å². The molecule has 5 rings (SSSR count). The fourth-order valence-corrected chi connectivity index (χ4v) is 6.53. The average Bonchev–Trinajstić information content (AvgIpc) is 3.54. The quantitative estimate of drug-likeness (QED) is 0.410. The summed E-state index contributed by atoms with van der Waals surface area (Å²) in [5.74, 6) is -1.97. The number of carbonyl (C=O) groups is 4. The van der Waals surface area contributed by atoms with E-state index in [1.54, 1.807) is 0 Å². The number of amides is 3. The van der Waals surface area contributed by atoms with Crippen molar-refractivity contribution in [3.8, 4) is 0 Å². The van der Waals surface area contributed by atoms with Crippen LogP contribution in [0.5, 0.6) is 0 Å². The van der Waals surface area contributed by atoms with Crippen molar-refractivity contribution in [2.45, 2.75) is 45.6 Å². The summed E-state index contributed by atoms with van der Waals surface area (Å²) >= 11 is 3.50. The second kappa shape index (κ2) is 9.81. The van der Waals surface area contributed by atoms with Crippen LogP contribution in [-0.4, -0.2) is 41.2 Å². The Bertz CT molecular complexity index is 1180. The van der Waals surface area contributed by atoms with Crippen molar-refractivity contribution < 1.29 is 23.9 Å². The summed E-state index contributed by atoms with van der Waals surface area (Å²) in [5, 5.41) is 2.75. The van der Waals surface area contributed by atoms with Crippen LogP contribution in [0.15, 0.2) is 46.9 Å². The molecule has 5 atom stereocenters. The lowest BCUT2D eigenvalue weighted by Gasteiger charge is -2.26. The molecule has 2 aliphatic carbocycles. The van der Waals surface area contributed by atoms with E-state index in [4.69, 9.17) is 4.74 Å². The van der Waals surface area contributed by atoms with E-state index in [-0.39, 0.29) is 41.9 Å². The first kappa shape index (κ1) is 24.7. The summed E-state index contributed by atoms with van der Waals surface area (Å²) in [4.78, 5) is 53.8. The summed E-state index contributed by atoms with van der Waals surface area (Å²) in [5.41, 5.74) is 3.35. The summed E-state index contributed by atoms with van der Waals surface area (Å²) in [6, 6.07) is 11.8. The molecule has 1 saturated heterocycles. The Hall–Kier alpha value is -3.00. The Balaban J connectivity index is 1.31. The molecule has 2 aromatic carbocycles. The average molecular weight is 553 g/mol. The standard InChI is InChI=1S/C28H29BrN2O5/c1-15-10-20(11-16(2)25(15)29)30-22(32)14-36-28(35)21(12-17-6-4-3-5-7-17)31-26(33)23-18-8-9-19(13-18)24(23)27(31)34/h3-7,10-11,18-19,21,23-24H,8-9,12-14H2,1-2H3,(H,30,32)/t18-,19-,21-,23-,24+/m0/s1. The molecular formula is C28H29BrN2O5. The number of imide groups is 1. The van der Waals surface area contributed by atoms with Crippen LogP contribution in [0.2, 0.25) is 0 Å². The minimum atomic E-state index is -1.10. The largest absolute Gasteiger partial charge is 0.454 e. The van der Waals surface area contributed by atoms with Crippen LogP contribution >= 0.6 is 15.9 Å². The van der Waals surface area contributed by atoms with Gasteiger partial charge in [0.25, 0.3) is 5.91 Å². The second-order valence-electron chi connectivity index (χ2n) is 10.2. The number of nitrogens with zero attached hydrogens (tertiary/aromatic N) is 1. The van der Waals surface area contributed by atoms with Crippen molar-refractivity contribution in [1.29, 1.82) is 0 Å². The molecule has 2 saturated carbocycles. The van der Waals surface area contributed by atoms with Gasteiger partial charge in [0.1, 0.15) is 6.04 Å². The summed E-state index contributed by atoms with van der Waals surface area (Å²) in [6.07, 6.45) is 2.99. The van der Waals surface area contributed by atoms with Gasteiger partial charge in [-0.15, -0.1) is 0 Å². The molecule has 8 heteroatoms. The first-order valence-corrected chi connectivity index (χ1v) is 13.2.